The maximum absolute atomic E-state index is 2.56. The van der Waals surface area contributed by atoms with E-state index in [1.54, 1.807) is 0 Å². The van der Waals surface area contributed by atoms with E-state index in [1.165, 1.54) is 176 Å². The molecule has 0 bridgehead atoms. The molecule has 0 saturated carbocycles. The summed E-state index contributed by atoms with van der Waals surface area (Å²) in [4.78, 5) is 0. The Kier molecular flexibility index (Phi) is 9.52. The van der Waals surface area contributed by atoms with Gasteiger partial charge in [0.25, 0.3) is 0 Å². The summed E-state index contributed by atoms with van der Waals surface area (Å²) in [5, 5.41) is 15.3. The van der Waals surface area contributed by atoms with Gasteiger partial charge in [0.1, 0.15) is 0 Å². The van der Waals surface area contributed by atoms with Gasteiger partial charge >= 0.3 is 0 Å². The molecule has 0 heteroatoms. The molecule has 19 rings (SSSR count). The van der Waals surface area contributed by atoms with Crippen molar-refractivity contribution in [1.82, 2.24) is 0 Å². The van der Waals surface area contributed by atoms with E-state index in [9.17, 15) is 0 Å². The van der Waals surface area contributed by atoms with Crippen LogP contribution in [0.25, 0.3) is 131 Å². The zero-order chi connectivity index (χ0) is 54.8. The summed E-state index contributed by atoms with van der Waals surface area (Å²) >= 11 is 0. The predicted octanol–water partition coefficient (Wildman–Crippen LogP) is 21.4. The molecule has 84 heavy (non-hydrogen) atoms. The van der Waals surface area contributed by atoms with Gasteiger partial charge in [0, 0.05) is 10.8 Å². The minimum atomic E-state index is -0.0682. The Labute approximate surface area is 488 Å². The van der Waals surface area contributed by atoms with Gasteiger partial charge in [-0.05, 0) is 232 Å². The molecule has 0 heterocycles. The normalized spacial score (nSPS) is 14.7. The molecule has 0 aliphatic heterocycles. The second-order valence-electron chi connectivity index (χ2n) is 24.7. The zero-order valence-electron chi connectivity index (χ0n) is 46.4. The van der Waals surface area contributed by atoms with Crippen molar-refractivity contribution in [3.05, 3.63) is 324 Å². The van der Waals surface area contributed by atoms with Crippen LogP contribution in [0.15, 0.2) is 279 Å². The SMILES string of the molecule is c1ccc2c(c1)CC1(C2)c2ccccc2-c2ccc(-c3cccc4c3ccc3c5ccccc5c(-c5ccc(-c6cc7c8ccccc8c(-c8ccc9c(c8)C8(Cc%10ccccc%10C8)c8ccccc8-9)cc7c7ccccc67)cc5)cc43)cc21. The van der Waals surface area contributed by atoms with E-state index in [2.05, 4.69) is 279 Å². The fraction of sp³-hybridized carbons (Fsp3) is 0.0714. The van der Waals surface area contributed by atoms with Gasteiger partial charge in [-0.15, -0.1) is 0 Å². The Hall–Kier alpha value is -10.1. The quantitative estimate of drug-likeness (QED) is 0.154. The molecule has 0 saturated heterocycles. The second kappa shape index (κ2) is 17.2. The fourth-order valence-corrected chi connectivity index (χ4v) is 16.9. The van der Waals surface area contributed by atoms with E-state index < -0.39 is 0 Å². The highest BCUT2D eigenvalue weighted by atomic mass is 14.5. The largest absolute Gasteiger partial charge is 0.0620 e. The van der Waals surface area contributed by atoms with Crippen molar-refractivity contribution in [3.63, 3.8) is 0 Å². The van der Waals surface area contributed by atoms with Gasteiger partial charge in [-0.25, -0.2) is 0 Å². The molecule has 4 aliphatic rings. The number of fused-ring (bicyclic) bond motifs is 22. The molecule has 0 nitrogen and oxygen atoms in total. The van der Waals surface area contributed by atoms with Gasteiger partial charge in [0.05, 0.1) is 0 Å². The molecule has 390 valence electrons. The van der Waals surface area contributed by atoms with Gasteiger partial charge in [-0.3, -0.25) is 0 Å². The predicted molar refractivity (Wildman–Crippen MR) is 353 cm³/mol. The van der Waals surface area contributed by atoms with Gasteiger partial charge in [0.2, 0.25) is 0 Å². The van der Waals surface area contributed by atoms with Crippen LogP contribution in [0.2, 0.25) is 0 Å². The average molecular weight is 1060 g/mol. The molecular weight excluding hydrogens is 1010 g/mol. The van der Waals surface area contributed by atoms with Crippen molar-refractivity contribution in [3.8, 4) is 66.8 Å². The summed E-state index contributed by atoms with van der Waals surface area (Å²) in [7, 11) is 0. The van der Waals surface area contributed by atoms with Crippen molar-refractivity contribution in [2.24, 2.45) is 0 Å². The first-order valence-corrected chi connectivity index (χ1v) is 30.1. The summed E-state index contributed by atoms with van der Waals surface area (Å²) in [5.41, 5.74) is 27.3. The van der Waals surface area contributed by atoms with Crippen LogP contribution in [-0.2, 0) is 36.5 Å². The molecule has 0 amide bonds. The average Bonchev–Trinajstić information content (AvgIpc) is 1.71. The molecule has 15 aromatic rings. The maximum atomic E-state index is 2.56. The third-order valence-corrected chi connectivity index (χ3v) is 20.7. The van der Waals surface area contributed by atoms with E-state index in [-0.39, 0.29) is 10.8 Å². The van der Waals surface area contributed by atoms with Crippen LogP contribution in [0.5, 0.6) is 0 Å². The number of hydrogen-bond acceptors (Lipinski definition) is 0. The van der Waals surface area contributed by atoms with Crippen molar-refractivity contribution in [1.29, 1.82) is 0 Å². The first-order chi connectivity index (χ1) is 41.6. The third kappa shape index (κ3) is 6.38. The molecule has 0 atom stereocenters. The number of benzene rings is 15. The lowest BCUT2D eigenvalue weighted by Gasteiger charge is -2.27. The van der Waals surface area contributed by atoms with Crippen molar-refractivity contribution < 1.29 is 0 Å². The third-order valence-electron chi connectivity index (χ3n) is 20.7. The molecular formula is C84H54. The van der Waals surface area contributed by atoms with Crippen LogP contribution in [0, 0.1) is 0 Å². The van der Waals surface area contributed by atoms with Crippen LogP contribution in [0.3, 0.4) is 0 Å². The lowest BCUT2D eigenvalue weighted by atomic mass is 9.75. The Morgan fingerprint density at radius 2 is 0.452 bits per heavy atom. The lowest BCUT2D eigenvalue weighted by molar-refractivity contribution is 0.564. The minimum Gasteiger partial charge on any atom is -0.0620 e. The molecule has 15 aromatic carbocycles. The van der Waals surface area contributed by atoms with Crippen molar-refractivity contribution in [2.45, 2.75) is 36.5 Å². The molecule has 4 aliphatic carbocycles. The topological polar surface area (TPSA) is 0 Å². The maximum Gasteiger partial charge on any atom is 0.0296 e. The summed E-state index contributed by atoms with van der Waals surface area (Å²) in [6.45, 7) is 0. The van der Waals surface area contributed by atoms with Crippen LogP contribution in [0.1, 0.15) is 44.5 Å². The Morgan fingerprint density at radius 1 is 0.167 bits per heavy atom. The molecule has 0 radical (unpaired) electrons. The van der Waals surface area contributed by atoms with Crippen molar-refractivity contribution in [2.75, 3.05) is 0 Å². The first-order valence-electron chi connectivity index (χ1n) is 30.1. The van der Waals surface area contributed by atoms with Crippen molar-refractivity contribution >= 4 is 64.6 Å². The Bertz CT molecular complexity index is 5280. The van der Waals surface area contributed by atoms with Gasteiger partial charge in [-0.2, -0.15) is 0 Å². The smallest absolute Gasteiger partial charge is 0.0296 e. The van der Waals surface area contributed by atoms with Crippen LogP contribution < -0.4 is 0 Å². The van der Waals surface area contributed by atoms with Gasteiger partial charge in [0.15, 0.2) is 0 Å². The Morgan fingerprint density at radius 3 is 0.917 bits per heavy atom. The highest BCUT2D eigenvalue weighted by molar-refractivity contribution is 6.25. The fourth-order valence-electron chi connectivity index (χ4n) is 16.9. The van der Waals surface area contributed by atoms with E-state index in [0.717, 1.165) is 25.7 Å². The standard InChI is InChI=1S/C84H54/c1-2-17-56-48-83(47-55(56)16-1)79-30-13-11-26-69(79)71-38-36-53(42-81(71)83)59-28-15-29-66-67(59)40-41-68-60-20-5-6-21-61(60)73(44-76(66)68)51-32-34-52(35-33-51)74-45-77-65-25-10-8-23-63(65)75(46-78(77)64-24-9-7-22-62(64)74)54-37-39-72-70-27-12-14-31-80(70)84(82(72)43-54)49-57-18-3-4-19-58(57)50-84/h1-46H,47-50H2. The molecule has 0 aromatic heterocycles. The Balaban J connectivity index is 0.722. The second-order valence-corrected chi connectivity index (χ2v) is 24.7. The highest BCUT2D eigenvalue weighted by Crippen LogP contribution is 2.58. The van der Waals surface area contributed by atoms with E-state index in [0.29, 0.717) is 0 Å². The lowest BCUT2D eigenvalue weighted by Crippen LogP contribution is -2.25. The van der Waals surface area contributed by atoms with E-state index >= 15 is 0 Å². The summed E-state index contributed by atoms with van der Waals surface area (Å²) in [6.07, 6.45) is 4.14. The van der Waals surface area contributed by atoms with Crippen LogP contribution in [0.4, 0.5) is 0 Å². The van der Waals surface area contributed by atoms with Crippen LogP contribution in [-0.4, -0.2) is 0 Å². The van der Waals surface area contributed by atoms with E-state index in [1.807, 2.05) is 0 Å². The summed E-state index contributed by atoms with van der Waals surface area (Å²) in [6, 6.07) is 107. The van der Waals surface area contributed by atoms with Gasteiger partial charge < -0.3 is 0 Å². The number of rotatable bonds is 4. The molecule has 0 fully saturated rings. The zero-order valence-corrected chi connectivity index (χ0v) is 46.4. The molecule has 2 spiro atoms. The first kappa shape index (κ1) is 46.5. The molecule has 0 N–H and O–H groups in total. The molecule has 0 unspecified atom stereocenters. The monoisotopic (exact) mass is 1060 g/mol. The highest BCUT2D eigenvalue weighted by Gasteiger charge is 2.48. The minimum absolute atomic E-state index is 0.0574. The summed E-state index contributed by atoms with van der Waals surface area (Å²) in [5.74, 6) is 0. The number of hydrogen-bond donors (Lipinski definition) is 0. The van der Waals surface area contributed by atoms with E-state index in [4.69, 9.17) is 0 Å². The van der Waals surface area contributed by atoms with Crippen LogP contribution >= 0.6 is 0 Å². The summed E-state index contributed by atoms with van der Waals surface area (Å²) < 4.78 is 0. The van der Waals surface area contributed by atoms with Gasteiger partial charge in [-0.1, -0.05) is 249 Å².